The Morgan fingerprint density at radius 2 is 1.90 bits per heavy atom. The summed E-state index contributed by atoms with van der Waals surface area (Å²) in [5, 5.41) is 3.00. The third kappa shape index (κ3) is 4.42. The number of benzene rings is 2. The van der Waals surface area contributed by atoms with Gasteiger partial charge in [0.15, 0.2) is 11.6 Å². The number of nitrogens with one attached hydrogen (secondary N) is 1. The van der Waals surface area contributed by atoms with Crippen molar-refractivity contribution in [2.75, 3.05) is 12.4 Å². The van der Waals surface area contributed by atoms with Crippen molar-refractivity contribution in [3.8, 4) is 5.75 Å². The Morgan fingerprint density at radius 1 is 1.14 bits per heavy atom. The fourth-order valence-electron chi connectivity index (χ4n) is 2.96. The summed E-state index contributed by atoms with van der Waals surface area (Å²) in [6, 6.07) is 7.81. The summed E-state index contributed by atoms with van der Waals surface area (Å²) >= 11 is 0. The number of rotatable bonds is 6. The summed E-state index contributed by atoms with van der Waals surface area (Å²) in [4.78, 5) is 15.5. The van der Waals surface area contributed by atoms with E-state index in [-0.39, 0.29) is 18.1 Å². The molecule has 0 amide bonds. The molecule has 29 heavy (non-hydrogen) atoms. The van der Waals surface area contributed by atoms with Crippen LogP contribution in [-0.2, 0) is 13.0 Å². The number of hydrogen-bond acceptors (Lipinski definition) is 4. The van der Waals surface area contributed by atoms with Crippen molar-refractivity contribution in [3.05, 3.63) is 81.0 Å². The number of aromatic nitrogens is 2. The van der Waals surface area contributed by atoms with Crippen LogP contribution in [0.2, 0.25) is 0 Å². The molecule has 0 aliphatic carbocycles. The lowest BCUT2D eigenvalue weighted by Gasteiger charge is -2.16. The van der Waals surface area contributed by atoms with Gasteiger partial charge in [-0.15, -0.1) is 0 Å². The van der Waals surface area contributed by atoms with Crippen molar-refractivity contribution in [2.45, 2.75) is 26.8 Å². The van der Waals surface area contributed by atoms with Crippen LogP contribution in [0.4, 0.5) is 24.8 Å². The molecule has 0 atom stereocenters. The van der Waals surface area contributed by atoms with Gasteiger partial charge in [-0.1, -0.05) is 13.0 Å². The Hall–Kier alpha value is -3.29. The highest BCUT2D eigenvalue weighted by Gasteiger charge is 2.14. The van der Waals surface area contributed by atoms with Gasteiger partial charge in [0.05, 0.1) is 13.7 Å². The van der Waals surface area contributed by atoms with Crippen LogP contribution in [0.3, 0.4) is 0 Å². The monoisotopic (exact) mass is 403 g/mol. The van der Waals surface area contributed by atoms with Crippen LogP contribution in [0.5, 0.6) is 5.75 Å². The molecule has 5 nitrogen and oxygen atoms in total. The summed E-state index contributed by atoms with van der Waals surface area (Å²) in [5.74, 6) is -2.18. The van der Waals surface area contributed by atoms with Gasteiger partial charge in [0.2, 0.25) is 11.8 Å². The molecular formula is C21H20F3N3O2. The molecule has 152 valence electrons. The number of aryl methyl sites for hydroxylation is 2. The Balaban J connectivity index is 2.01. The zero-order chi connectivity index (χ0) is 21.1. The van der Waals surface area contributed by atoms with Crippen molar-refractivity contribution in [1.29, 1.82) is 0 Å². The van der Waals surface area contributed by atoms with Crippen molar-refractivity contribution in [1.82, 2.24) is 9.55 Å². The van der Waals surface area contributed by atoms with Crippen LogP contribution >= 0.6 is 0 Å². The third-order valence-corrected chi connectivity index (χ3v) is 4.53. The van der Waals surface area contributed by atoms with E-state index in [1.807, 2.05) is 6.92 Å². The van der Waals surface area contributed by atoms with E-state index in [2.05, 4.69) is 10.3 Å². The minimum atomic E-state index is -1.04. The van der Waals surface area contributed by atoms with Gasteiger partial charge in [-0.25, -0.2) is 8.78 Å². The minimum Gasteiger partial charge on any atom is -0.497 e. The highest BCUT2D eigenvalue weighted by Crippen LogP contribution is 2.24. The highest BCUT2D eigenvalue weighted by atomic mass is 19.2. The van der Waals surface area contributed by atoms with E-state index in [1.165, 1.54) is 10.6 Å². The maximum atomic E-state index is 13.9. The van der Waals surface area contributed by atoms with Crippen LogP contribution in [0.15, 0.2) is 41.3 Å². The topological polar surface area (TPSA) is 56.2 Å². The molecule has 2 aromatic carbocycles. The molecule has 0 unspecified atom stereocenters. The molecule has 0 aliphatic rings. The van der Waals surface area contributed by atoms with E-state index in [4.69, 9.17) is 4.74 Å². The second-order valence-electron chi connectivity index (χ2n) is 6.56. The van der Waals surface area contributed by atoms with Crippen molar-refractivity contribution in [2.24, 2.45) is 0 Å². The van der Waals surface area contributed by atoms with Crippen LogP contribution < -0.4 is 15.6 Å². The molecule has 0 saturated heterocycles. The first-order valence-electron chi connectivity index (χ1n) is 8.97. The number of hydrogen-bond donors (Lipinski definition) is 1. The minimum absolute atomic E-state index is 0.00800. The van der Waals surface area contributed by atoms with Gasteiger partial charge < -0.3 is 14.6 Å². The van der Waals surface area contributed by atoms with Crippen molar-refractivity contribution < 1.29 is 17.9 Å². The number of methoxy groups -OCH3 is 1. The molecule has 0 radical (unpaired) electrons. The lowest BCUT2D eigenvalue weighted by Crippen LogP contribution is -2.20. The molecule has 0 aliphatic heterocycles. The summed E-state index contributed by atoms with van der Waals surface area (Å²) in [7, 11) is 1.55. The fraction of sp³-hybridized carbons (Fsp3) is 0.238. The molecule has 0 saturated carbocycles. The number of halogens is 3. The largest absolute Gasteiger partial charge is 0.497 e. The quantitative estimate of drug-likeness (QED) is 0.666. The zero-order valence-corrected chi connectivity index (χ0v) is 16.2. The van der Waals surface area contributed by atoms with E-state index in [1.54, 1.807) is 32.2 Å². The van der Waals surface area contributed by atoms with Gasteiger partial charge >= 0.3 is 5.56 Å². The molecule has 1 N–H and O–H groups in total. The highest BCUT2D eigenvalue weighted by molar-refractivity contribution is 5.60. The standard InChI is InChI=1S/C21H20F3N3O2/c1-4-14-8-13(9-16(22)19(14)24)10-27-11-17(23)20(28)26-21(27)25-18-6-5-15(29-3)7-12(18)2/h5-9,11H,4,10H2,1-3H3,(H,25,26,28). The van der Waals surface area contributed by atoms with Crippen molar-refractivity contribution >= 4 is 11.6 Å². The fourth-order valence-corrected chi connectivity index (χ4v) is 2.96. The summed E-state index contributed by atoms with van der Waals surface area (Å²) < 4.78 is 48.1. The SMILES string of the molecule is CCc1cc(Cn2cc(F)c(=O)nc2Nc2ccc(OC)cc2C)cc(F)c1F. The molecule has 1 aromatic heterocycles. The van der Waals surface area contributed by atoms with Gasteiger partial charge in [0.1, 0.15) is 5.75 Å². The van der Waals surface area contributed by atoms with Gasteiger partial charge in [-0.3, -0.25) is 4.79 Å². The lowest BCUT2D eigenvalue weighted by molar-refractivity contribution is 0.414. The second kappa shape index (κ2) is 8.38. The Labute approximate surface area is 165 Å². The van der Waals surface area contributed by atoms with Crippen LogP contribution in [0, 0.1) is 24.4 Å². The molecule has 0 bridgehead atoms. The molecule has 0 spiro atoms. The van der Waals surface area contributed by atoms with Gasteiger partial charge in [0, 0.05) is 11.9 Å². The predicted molar refractivity (Wildman–Crippen MR) is 104 cm³/mol. The third-order valence-electron chi connectivity index (χ3n) is 4.53. The molecule has 3 aromatic rings. The number of nitrogens with zero attached hydrogens (tertiary/aromatic N) is 2. The zero-order valence-electron chi connectivity index (χ0n) is 16.2. The van der Waals surface area contributed by atoms with E-state index in [0.29, 0.717) is 23.4 Å². The van der Waals surface area contributed by atoms with Crippen LogP contribution in [0.25, 0.3) is 0 Å². The van der Waals surface area contributed by atoms with Crippen LogP contribution in [-0.4, -0.2) is 16.7 Å². The summed E-state index contributed by atoms with van der Waals surface area (Å²) in [5.41, 5.74) is 1.07. The normalized spacial score (nSPS) is 10.8. The first-order valence-corrected chi connectivity index (χ1v) is 8.97. The maximum absolute atomic E-state index is 13.9. The molecule has 8 heteroatoms. The van der Waals surface area contributed by atoms with Gasteiger partial charge in [-0.2, -0.15) is 9.37 Å². The molecule has 1 heterocycles. The van der Waals surface area contributed by atoms with Crippen LogP contribution in [0.1, 0.15) is 23.6 Å². The van der Waals surface area contributed by atoms with E-state index in [0.717, 1.165) is 17.8 Å². The Bertz CT molecular complexity index is 1110. The molecular weight excluding hydrogens is 383 g/mol. The van der Waals surface area contributed by atoms with E-state index in [9.17, 15) is 18.0 Å². The van der Waals surface area contributed by atoms with Gasteiger partial charge in [-0.05, 0) is 54.3 Å². The summed E-state index contributed by atoms with van der Waals surface area (Å²) in [6.07, 6.45) is 1.30. The predicted octanol–water partition coefficient (Wildman–Crippen LogP) is 4.33. The average molecular weight is 403 g/mol. The smallest absolute Gasteiger partial charge is 0.310 e. The first-order chi connectivity index (χ1) is 13.8. The lowest BCUT2D eigenvalue weighted by atomic mass is 10.1. The first kappa shape index (κ1) is 20.4. The number of anilines is 2. The molecule has 3 rings (SSSR count). The van der Waals surface area contributed by atoms with E-state index < -0.39 is 23.0 Å². The van der Waals surface area contributed by atoms with Crippen molar-refractivity contribution in [3.63, 3.8) is 0 Å². The Morgan fingerprint density at radius 3 is 2.55 bits per heavy atom. The average Bonchev–Trinajstić information content (AvgIpc) is 2.69. The van der Waals surface area contributed by atoms with Gasteiger partial charge in [0.25, 0.3) is 0 Å². The molecule has 0 fully saturated rings. The number of ether oxygens (including phenoxy) is 1. The summed E-state index contributed by atoms with van der Waals surface area (Å²) in [6.45, 7) is 3.54. The second-order valence-corrected chi connectivity index (χ2v) is 6.56. The van der Waals surface area contributed by atoms with E-state index >= 15 is 0 Å². The maximum Gasteiger partial charge on any atom is 0.310 e. The Kier molecular flexibility index (Phi) is 5.91.